The van der Waals surface area contributed by atoms with Crippen LogP contribution in [-0.2, 0) is 0 Å². The molecule has 0 amide bonds. The normalized spacial score (nSPS) is 28.7. The Labute approximate surface area is 83.4 Å². The quantitative estimate of drug-likeness (QED) is 0.786. The molecule has 0 aliphatic heterocycles. The van der Waals surface area contributed by atoms with E-state index >= 15 is 0 Å². The van der Waals surface area contributed by atoms with Gasteiger partial charge < -0.3 is 5.32 Å². The van der Waals surface area contributed by atoms with Gasteiger partial charge in [-0.3, -0.25) is 0 Å². The van der Waals surface area contributed by atoms with Crippen molar-refractivity contribution in [2.24, 2.45) is 5.92 Å². The van der Waals surface area contributed by atoms with Gasteiger partial charge in [-0.2, -0.15) is 0 Å². The van der Waals surface area contributed by atoms with Crippen molar-refractivity contribution < 1.29 is 0 Å². The molecule has 1 aliphatic rings. The van der Waals surface area contributed by atoms with Crippen LogP contribution in [0.3, 0.4) is 0 Å². The van der Waals surface area contributed by atoms with E-state index in [9.17, 15) is 0 Å². The average molecular weight is 196 g/mol. The maximum Gasteiger partial charge on any atom is 0.182 e. The monoisotopic (exact) mass is 196 g/mol. The molecule has 1 aliphatic carbocycles. The summed E-state index contributed by atoms with van der Waals surface area (Å²) in [5, 5.41) is 6.59. The van der Waals surface area contributed by atoms with Gasteiger partial charge in [0.2, 0.25) is 0 Å². The number of thiazole rings is 1. The number of nitrogens with one attached hydrogen (secondary N) is 1. The lowest BCUT2D eigenvalue weighted by atomic mass is 9.87. The minimum absolute atomic E-state index is 0.669. The fourth-order valence-corrected chi connectivity index (χ4v) is 2.48. The average Bonchev–Trinajstić information content (AvgIpc) is 2.62. The van der Waals surface area contributed by atoms with E-state index in [1.165, 1.54) is 25.7 Å². The number of hydrogen-bond donors (Lipinski definition) is 1. The van der Waals surface area contributed by atoms with E-state index in [4.69, 9.17) is 0 Å². The molecule has 72 valence electrons. The second-order valence-electron chi connectivity index (χ2n) is 3.94. The van der Waals surface area contributed by atoms with Crippen LogP contribution in [-0.4, -0.2) is 11.0 Å². The number of rotatable bonds is 2. The van der Waals surface area contributed by atoms with E-state index in [1.807, 2.05) is 11.6 Å². The number of aromatic nitrogens is 1. The Hall–Kier alpha value is -0.570. The summed E-state index contributed by atoms with van der Waals surface area (Å²) < 4.78 is 0. The van der Waals surface area contributed by atoms with Crippen molar-refractivity contribution in [1.29, 1.82) is 0 Å². The number of anilines is 1. The lowest BCUT2D eigenvalue weighted by molar-refractivity contribution is 0.361. The second kappa shape index (κ2) is 4.09. The molecular formula is C10H16N2S. The predicted molar refractivity (Wildman–Crippen MR) is 57.2 cm³/mol. The van der Waals surface area contributed by atoms with Crippen LogP contribution in [0.4, 0.5) is 5.13 Å². The molecule has 0 unspecified atom stereocenters. The third kappa shape index (κ3) is 2.44. The molecule has 2 nitrogen and oxygen atoms in total. The molecule has 3 heteroatoms. The molecule has 0 aromatic carbocycles. The molecule has 0 radical (unpaired) electrons. The van der Waals surface area contributed by atoms with E-state index in [1.54, 1.807) is 11.3 Å². The van der Waals surface area contributed by atoms with E-state index in [0.29, 0.717) is 6.04 Å². The molecule has 0 atom stereocenters. The summed E-state index contributed by atoms with van der Waals surface area (Å²) in [5.41, 5.74) is 0. The van der Waals surface area contributed by atoms with Crippen molar-refractivity contribution in [2.75, 3.05) is 5.32 Å². The highest BCUT2D eigenvalue weighted by molar-refractivity contribution is 7.13. The maximum atomic E-state index is 4.24. The molecule has 1 aromatic heterocycles. The molecule has 2 rings (SSSR count). The molecule has 1 heterocycles. The Morgan fingerprint density at radius 3 is 2.77 bits per heavy atom. The number of hydrogen-bond acceptors (Lipinski definition) is 3. The van der Waals surface area contributed by atoms with Crippen LogP contribution in [0.2, 0.25) is 0 Å². The molecule has 0 bridgehead atoms. The van der Waals surface area contributed by atoms with Crippen LogP contribution in [0.15, 0.2) is 11.6 Å². The zero-order valence-corrected chi connectivity index (χ0v) is 8.81. The van der Waals surface area contributed by atoms with Gasteiger partial charge in [-0.05, 0) is 31.6 Å². The molecule has 1 saturated carbocycles. The van der Waals surface area contributed by atoms with Crippen molar-refractivity contribution in [1.82, 2.24) is 4.98 Å². The SMILES string of the molecule is C[C@H]1CC[C@H](Nc2nccs2)CC1. The van der Waals surface area contributed by atoms with Crippen molar-refractivity contribution >= 4 is 16.5 Å². The Morgan fingerprint density at radius 1 is 1.38 bits per heavy atom. The van der Waals surface area contributed by atoms with E-state index in [-0.39, 0.29) is 0 Å². The van der Waals surface area contributed by atoms with E-state index < -0.39 is 0 Å². The second-order valence-corrected chi connectivity index (χ2v) is 4.83. The highest BCUT2D eigenvalue weighted by Gasteiger charge is 2.18. The molecule has 13 heavy (non-hydrogen) atoms. The van der Waals surface area contributed by atoms with Gasteiger partial charge in [0.1, 0.15) is 0 Å². The Bertz CT molecular complexity index is 237. The van der Waals surface area contributed by atoms with Gasteiger partial charge in [0.15, 0.2) is 5.13 Å². The fraction of sp³-hybridized carbons (Fsp3) is 0.700. The highest BCUT2D eigenvalue weighted by atomic mass is 32.1. The third-order valence-electron chi connectivity index (χ3n) is 2.78. The van der Waals surface area contributed by atoms with Crippen LogP contribution in [0.25, 0.3) is 0 Å². The predicted octanol–water partition coefficient (Wildman–Crippen LogP) is 3.13. The van der Waals surface area contributed by atoms with E-state index in [2.05, 4.69) is 17.2 Å². The van der Waals surface area contributed by atoms with Gasteiger partial charge in [-0.1, -0.05) is 6.92 Å². The van der Waals surface area contributed by atoms with Crippen LogP contribution in [0, 0.1) is 5.92 Å². The summed E-state index contributed by atoms with van der Waals surface area (Å²) in [6.45, 7) is 2.35. The van der Waals surface area contributed by atoms with Gasteiger partial charge in [-0.15, -0.1) is 11.3 Å². The van der Waals surface area contributed by atoms with Gasteiger partial charge in [-0.25, -0.2) is 4.98 Å². The van der Waals surface area contributed by atoms with Crippen molar-refractivity contribution in [3.05, 3.63) is 11.6 Å². The Morgan fingerprint density at radius 2 is 2.15 bits per heavy atom. The first-order valence-electron chi connectivity index (χ1n) is 5.00. The summed E-state index contributed by atoms with van der Waals surface area (Å²) in [7, 11) is 0. The van der Waals surface area contributed by atoms with Crippen molar-refractivity contribution in [3.63, 3.8) is 0 Å². The summed E-state index contributed by atoms with van der Waals surface area (Å²) in [5.74, 6) is 0.925. The molecule has 0 saturated heterocycles. The van der Waals surface area contributed by atoms with Crippen molar-refractivity contribution in [2.45, 2.75) is 38.6 Å². The van der Waals surface area contributed by atoms with Crippen LogP contribution in [0.5, 0.6) is 0 Å². The Kier molecular flexibility index (Phi) is 2.83. The lowest BCUT2D eigenvalue weighted by Crippen LogP contribution is -2.24. The number of nitrogens with zero attached hydrogens (tertiary/aromatic N) is 1. The minimum atomic E-state index is 0.669. The van der Waals surface area contributed by atoms with E-state index in [0.717, 1.165) is 11.0 Å². The van der Waals surface area contributed by atoms with Gasteiger partial charge >= 0.3 is 0 Å². The van der Waals surface area contributed by atoms with Crippen LogP contribution in [0.1, 0.15) is 32.6 Å². The van der Waals surface area contributed by atoms with Crippen LogP contribution < -0.4 is 5.32 Å². The minimum Gasteiger partial charge on any atom is -0.359 e. The molecule has 0 spiro atoms. The summed E-state index contributed by atoms with van der Waals surface area (Å²) in [4.78, 5) is 4.24. The zero-order chi connectivity index (χ0) is 9.10. The molecular weight excluding hydrogens is 180 g/mol. The summed E-state index contributed by atoms with van der Waals surface area (Å²) in [6, 6.07) is 0.669. The smallest absolute Gasteiger partial charge is 0.182 e. The first kappa shape index (κ1) is 9.00. The molecule has 1 aromatic rings. The van der Waals surface area contributed by atoms with Gasteiger partial charge in [0, 0.05) is 17.6 Å². The van der Waals surface area contributed by atoms with Gasteiger partial charge in [0.25, 0.3) is 0 Å². The standard InChI is InChI=1S/C10H16N2S/c1-8-2-4-9(5-3-8)12-10-11-6-7-13-10/h6-9H,2-5H2,1H3,(H,11,12)/t8-,9-. The summed E-state index contributed by atoms with van der Waals surface area (Å²) >= 11 is 1.70. The third-order valence-corrected chi connectivity index (χ3v) is 3.48. The maximum absolute atomic E-state index is 4.24. The fourth-order valence-electron chi connectivity index (χ4n) is 1.87. The molecule has 1 N–H and O–H groups in total. The lowest BCUT2D eigenvalue weighted by Gasteiger charge is -2.26. The van der Waals surface area contributed by atoms with Gasteiger partial charge in [0.05, 0.1) is 0 Å². The first-order valence-corrected chi connectivity index (χ1v) is 5.88. The first-order chi connectivity index (χ1) is 6.34. The zero-order valence-electron chi connectivity index (χ0n) is 7.99. The molecule has 1 fully saturated rings. The largest absolute Gasteiger partial charge is 0.359 e. The summed E-state index contributed by atoms with van der Waals surface area (Å²) in [6.07, 6.45) is 7.20. The van der Waals surface area contributed by atoms with Crippen molar-refractivity contribution in [3.8, 4) is 0 Å². The van der Waals surface area contributed by atoms with Crippen LogP contribution >= 0.6 is 11.3 Å². The highest BCUT2D eigenvalue weighted by Crippen LogP contribution is 2.26. The topological polar surface area (TPSA) is 24.9 Å². The Balaban J connectivity index is 1.83.